The second-order valence-electron chi connectivity index (χ2n) is 8.03. The van der Waals surface area contributed by atoms with Gasteiger partial charge in [-0.15, -0.1) is 0 Å². The molecule has 0 fully saturated rings. The number of carbonyl (C=O) groups excluding carboxylic acids is 2. The zero-order chi connectivity index (χ0) is 23.8. The second kappa shape index (κ2) is 11.3. The van der Waals surface area contributed by atoms with Crippen LogP contribution in [0, 0.1) is 0 Å². The molecule has 5 heteroatoms. The zero-order valence-electron chi connectivity index (χ0n) is 18.6. The van der Waals surface area contributed by atoms with Gasteiger partial charge in [0, 0.05) is 22.7 Å². The van der Waals surface area contributed by atoms with Gasteiger partial charge in [-0.05, 0) is 53.4 Å². The van der Waals surface area contributed by atoms with E-state index < -0.39 is 6.04 Å². The standard InChI is InChI=1S/C29H25ClN2O2/c30-25-17-15-23(16-18-25)28(33)32-27(20-22-11-5-2-6-12-22)29(34)31-26-14-8-7-13-24(26)19-21-9-3-1-4-10-21/h1-18,27H,19-20H2,(H,31,34)(H,32,33). The SMILES string of the molecule is O=C(NC(Cc1ccccc1)C(=O)Nc1ccccc1Cc1ccccc1)c1ccc(Cl)cc1. The van der Waals surface area contributed by atoms with E-state index in [2.05, 4.69) is 22.8 Å². The van der Waals surface area contributed by atoms with Crippen LogP contribution in [0.1, 0.15) is 27.0 Å². The first-order valence-corrected chi connectivity index (χ1v) is 11.5. The maximum atomic E-state index is 13.4. The molecule has 0 radical (unpaired) electrons. The number of nitrogens with one attached hydrogen (secondary N) is 2. The lowest BCUT2D eigenvalue weighted by molar-refractivity contribution is -0.118. The minimum absolute atomic E-state index is 0.272. The Kier molecular flexibility index (Phi) is 7.74. The largest absolute Gasteiger partial charge is 0.340 e. The predicted octanol–water partition coefficient (Wildman–Crippen LogP) is 5.91. The normalized spacial score (nSPS) is 11.4. The van der Waals surface area contributed by atoms with E-state index >= 15 is 0 Å². The molecule has 4 nitrogen and oxygen atoms in total. The Morgan fingerprint density at radius 3 is 1.97 bits per heavy atom. The summed E-state index contributed by atoms with van der Waals surface area (Å²) in [6.07, 6.45) is 1.06. The van der Waals surface area contributed by atoms with E-state index in [1.165, 1.54) is 0 Å². The Labute approximate surface area is 204 Å². The number of anilines is 1. The monoisotopic (exact) mass is 468 g/mol. The molecule has 0 heterocycles. The minimum atomic E-state index is -0.754. The highest BCUT2D eigenvalue weighted by atomic mass is 35.5. The predicted molar refractivity (Wildman–Crippen MR) is 137 cm³/mol. The molecule has 0 saturated carbocycles. The summed E-state index contributed by atoms with van der Waals surface area (Å²) in [6.45, 7) is 0. The summed E-state index contributed by atoms with van der Waals surface area (Å²) < 4.78 is 0. The van der Waals surface area contributed by atoms with Crippen molar-refractivity contribution in [3.63, 3.8) is 0 Å². The highest BCUT2D eigenvalue weighted by Gasteiger charge is 2.23. The molecule has 34 heavy (non-hydrogen) atoms. The quantitative estimate of drug-likeness (QED) is 0.337. The van der Waals surface area contributed by atoms with Crippen molar-refractivity contribution in [2.45, 2.75) is 18.9 Å². The van der Waals surface area contributed by atoms with Crippen molar-refractivity contribution in [2.24, 2.45) is 0 Å². The molecule has 0 aromatic heterocycles. The van der Waals surface area contributed by atoms with Crippen molar-refractivity contribution < 1.29 is 9.59 Å². The Bertz CT molecular complexity index is 1240. The van der Waals surface area contributed by atoms with Crippen LogP contribution in [0.15, 0.2) is 109 Å². The van der Waals surface area contributed by atoms with Crippen molar-refractivity contribution in [3.05, 3.63) is 136 Å². The Balaban J connectivity index is 1.54. The van der Waals surface area contributed by atoms with E-state index in [-0.39, 0.29) is 11.8 Å². The molecule has 1 unspecified atom stereocenters. The molecule has 0 aliphatic carbocycles. The number of carbonyl (C=O) groups is 2. The molecule has 2 amide bonds. The van der Waals surface area contributed by atoms with Gasteiger partial charge in [0.1, 0.15) is 6.04 Å². The topological polar surface area (TPSA) is 58.2 Å². The lowest BCUT2D eigenvalue weighted by Crippen LogP contribution is -2.45. The minimum Gasteiger partial charge on any atom is -0.340 e. The summed E-state index contributed by atoms with van der Waals surface area (Å²) in [5.41, 5.74) is 4.29. The van der Waals surface area contributed by atoms with Gasteiger partial charge in [0.2, 0.25) is 5.91 Å². The molecule has 0 saturated heterocycles. The molecule has 170 valence electrons. The number of benzene rings is 4. The lowest BCUT2D eigenvalue weighted by Gasteiger charge is -2.20. The van der Waals surface area contributed by atoms with Gasteiger partial charge in [0.25, 0.3) is 5.91 Å². The Morgan fingerprint density at radius 2 is 1.29 bits per heavy atom. The highest BCUT2D eigenvalue weighted by molar-refractivity contribution is 6.30. The summed E-state index contributed by atoms with van der Waals surface area (Å²) in [5, 5.41) is 6.49. The molecule has 4 aromatic rings. The van der Waals surface area contributed by atoms with Gasteiger partial charge < -0.3 is 10.6 Å². The fourth-order valence-electron chi connectivity index (χ4n) is 3.73. The van der Waals surface area contributed by atoms with E-state index in [0.717, 1.165) is 22.4 Å². The molecule has 4 aromatic carbocycles. The van der Waals surface area contributed by atoms with Gasteiger partial charge in [-0.2, -0.15) is 0 Å². The molecule has 0 bridgehead atoms. The first kappa shape index (κ1) is 23.3. The van der Waals surface area contributed by atoms with Gasteiger partial charge in [0.05, 0.1) is 0 Å². The Hall–Kier alpha value is -3.89. The first-order valence-electron chi connectivity index (χ1n) is 11.1. The van der Waals surface area contributed by atoms with Crippen molar-refractivity contribution in [1.82, 2.24) is 5.32 Å². The van der Waals surface area contributed by atoms with Gasteiger partial charge >= 0.3 is 0 Å². The highest BCUT2D eigenvalue weighted by Crippen LogP contribution is 2.20. The van der Waals surface area contributed by atoms with E-state index in [9.17, 15) is 9.59 Å². The average Bonchev–Trinajstić information content (AvgIpc) is 2.86. The van der Waals surface area contributed by atoms with Crippen molar-refractivity contribution >= 4 is 29.1 Å². The third-order valence-corrected chi connectivity index (χ3v) is 5.78. The maximum absolute atomic E-state index is 13.4. The number of para-hydroxylation sites is 1. The van der Waals surface area contributed by atoms with Crippen LogP contribution in [0.3, 0.4) is 0 Å². The van der Waals surface area contributed by atoms with Crippen molar-refractivity contribution in [3.8, 4) is 0 Å². The van der Waals surface area contributed by atoms with Gasteiger partial charge in [-0.25, -0.2) is 0 Å². The van der Waals surface area contributed by atoms with Gasteiger partial charge in [0.15, 0.2) is 0 Å². The molecule has 0 aliphatic heterocycles. The van der Waals surface area contributed by atoms with E-state index in [1.807, 2.05) is 72.8 Å². The summed E-state index contributed by atoms with van der Waals surface area (Å²) in [4.78, 5) is 26.3. The van der Waals surface area contributed by atoms with Crippen LogP contribution < -0.4 is 10.6 Å². The second-order valence-corrected chi connectivity index (χ2v) is 8.47. The van der Waals surface area contributed by atoms with E-state index in [0.29, 0.717) is 23.4 Å². The van der Waals surface area contributed by atoms with Crippen LogP contribution in [0.4, 0.5) is 5.69 Å². The summed E-state index contributed by atoms with van der Waals surface area (Å²) >= 11 is 5.95. The molecule has 2 N–H and O–H groups in total. The first-order chi connectivity index (χ1) is 16.6. The Morgan fingerprint density at radius 1 is 0.706 bits per heavy atom. The molecular weight excluding hydrogens is 444 g/mol. The fourth-order valence-corrected chi connectivity index (χ4v) is 3.86. The molecule has 4 rings (SSSR count). The smallest absolute Gasteiger partial charge is 0.251 e. The number of amides is 2. The number of halogens is 1. The van der Waals surface area contributed by atoms with Crippen LogP contribution in [0.5, 0.6) is 0 Å². The summed E-state index contributed by atoms with van der Waals surface area (Å²) in [5.74, 6) is -0.600. The van der Waals surface area contributed by atoms with Crippen LogP contribution in [0.2, 0.25) is 5.02 Å². The number of hydrogen-bond donors (Lipinski definition) is 2. The van der Waals surface area contributed by atoms with Crippen LogP contribution in [0.25, 0.3) is 0 Å². The van der Waals surface area contributed by atoms with E-state index in [4.69, 9.17) is 11.6 Å². The number of rotatable bonds is 8. The van der Waals surface area contributed by atoms with E-state index in [1.54, 1.807) is 24.3 Å². The maximum Gasteiger partial charge on any atom is 0.251 e. The summed E-state index contributed by atoms with van der Waals surface area (Å²) in [6, 6.07) is 33.3. The van der Waals surface area contributed by atoms with Crippen LogP contribution >= 0.6 is 11.6 Å². The molecule has 0 spiro atoms. The number of hydrogen-bond acceptors (Lipinski definition) is 2. The van der Waals surface area contributed by atoms with Gasteiger partial charge in [-0.3, -0.25) is 9.59 Å². The lowest BCUT2D eigenvalue weighted by atomic mass is 10.0. The third-order valence-electron chi connectivity index (χ3n) is 5.52. The molecule has 0 aliphatic rings. The van der Waals surface area contributed by atoms with Crippen LogP contribution in [-0.4, -0.2) is 17.9 Å². The summed E-state index contributed by atoms with van der Waals surface area (Å²) in [7, 11) is 0. The zero-order valence-corrected chi connectivity index (χ0v) is 19.3. The molecule has 1 atom stereocenters. The van der Waals surface area contributed by atoms with Gasteiger partial charge in [-0.1, -0.05) is 90.5 Å². The van der Waals surface area contributed by atoms with Crippen molar-refractivity contribution in [1.29, 1.82) is 0 Å². The van der Waals surface area contributed by atoms with Crippen LogP contribution in [-0.2, 0) is 17.6 Å². The average molecular weight is 469 g/mol. The third kappa shape index (κ3) is 6.33. The van der Waals surface area contributed by atoms with Crippen molar-refractivity contribution in [2.75, 3.05) is 5.32 Å². The molecular formula is C29H25ClN2O2. The fraction of sp³-hybridized carbons (Fsp3) is 0.103.